The molecular weight excluding hydrogens is 202 g/mol. The summed E-state index contributed by atoms with van der Waals surface area (Å²) in [6.07, 6.45) is 2.50. The van der Waals surface area contributed by atoms with Crippen molar-refractivity contribution in [1.82, 2.24) is 15.1 Å². The van der Waals surface area contributed by atoms with E-state index >= 15 is 0 Å². The van der Waals surface area contributed by atoms with Gasteiger partial charge in [0.25, 0.3) is 0 Å². The van der Waals surface area contributed by atoms with Crippen LogP contribution in [0, 0.1) is 11.8 Å². The fraction of sp³-hybridized carbons (Fsp3) is 0.917. The second-order valence-corrected chi connectivity index (χ2v) is 5.55. The van der Waals surface area contributed by atoms with Gasteiger partial charge in [-0.25, -0.2) is 0 Å². The second-order valence-electron chi connectivity index (χ2n) is 5.55. The number of piperidine rings is 1. The molecule has 3 rings (SSSR count). The maximum atomic E-state index is 12.3. The molecule has 4 heteroatoms. The summed E-state index contributed by atoms with van der Waals surface area (Å²) < 4.78 is 0. The zero-order chi connectivity index (χ0) is 11.1. The number of hydrogen-bond donors (Lipinski definition) is 1. The third-order valence-electron chi connectivity index (χ3n) is 4.48. The number of carbonyl (C=O) groups excluding carboxylic acids is 1. The van der Waals surface area contributed by atoms with Gasteiger partial charge in [-0.15, -0.1) is 0 Å². The molecule has 3 heterocycles. The zero-order valence-corrected chi connectivity index (χ0v) is 9.98. The fourth-order valence-electron chi connectivity index (χ4n) is 3.27. The van der Waals surface area contributed by atoms with E-state index in [9.17, 15) is 4.79 Å². The normalized spacial score (nSPS) is 35.9. The lowest BCUT2D eigenvalue weighted by Gasteiger charge is -2.39. The number of likely N-dealkylation sites (N-methyl/N-ethyl adjacent to an activating group) is 1. The van der Waals surface area contributed by atoms with Crippen LogP contribution in [0.4, 0.5) is 0 Å². The summed E-state index contributed by atoms with van der Waals surface area (Å²) in [6.45, 7) is 5.06. The van der Waals surface area contributed by atoms with Gasteiger partial charge < -0.3 is 15.1 Å². The number of fused-ring (bicyclic) bond motifs is 1. The van der Waals surface area contributed by atoms with E-state index in [1.54, 1.807) is 0 Å². The van der Waals surface area contributed by atoms with Crippen LogP contribution in [0.25, 0.3) is 0 Å². The van der Waals surface area contributed by atoms with Crippen molar-refractivity contribution in [3.05, 3.63) is 0 Å². The standard InChI is InChI=1S/C12H21N3O/c1-14-4-2-9-3-5-15(11(9)8-14)12(16)10-6-13-7-10/h9-11,13H,2-8H2,1H3. The van der Waals surface area contributed by atoms with Crippen LogP contribution in [-0.4, -0.2) is 61.5 Å². The van der Waals surface area contributed by atoms with Gasteiger partial charge in [-0.3, -0.25) is 4.79 Å². The molecule has 0 radical (unpaired) electrons. The predicted octanol–water partition coefficient (Wildman–Crippen LogP) is -0.242. The molecule has 0 aromatic heterocycles. The number of amides is 1. The van der Waals surface area contributed by atoms with Gasteiger partial charge in [0.05, 0.1) is 5.92 Å². The molecule has 1 amide bonds. The molecule has 0 aliphatic carbocycles. The molecule has 90 valence electrons. The van der Waals surface area contributed by atoms with Gasteiger partial charge in [-0.05, 0) is 32.4 Å². The van der Waals surface area contributed by atoms with E-state index in [2.05, 4.69) is 22.2 Å². The van der Waals surface area contributed by atoms with Crippen LogP contribution in [0.2, 0.25) is 0 Å². The quantitative estimate of drug-likeness (QED) is 0.666. The van der Waals surface area contributed by atoms with Crippen molar-refractivity contribution in [2.75, 3.05) is 39.8 Å². The Balaban J connectivity index is 1.68. The Morgan fingerprint density at radius 3 is 2.69 bits per heavy atom. The average Bonchev–Trinajstić information content (AvgIpc) is 2.57. The molecule has 3 aliphatic rings. The monoisotopic (exact) mass is 223 g/mol. The predicted molar refractivity (Wildman–Crippen MR) is 62.1 cm³/mol. The Bertz CT molecular complexity index is 290. The fourth-order valence-corrected chi connectivity index (χ4v) is 3.27. The molecule has 4 nitrogen and oxygen atoms in total. The summed E-state index contributed by atoms with van der Waals surface area (Å²) in [4.78, 5) is 16.8. The van der Waals surface area contributed by atoms with E-state index in [0.29, 0.717) is 11.9 Å². The van der Waals surface area contributed by atoms with E-state index in [-0.39, 0.29) is 5.92 Å². The first-order valence-corrected chi connectivity index (χ1v) is 6.45. The molecule has 0 aromatic carbocycles. The minimum atomic E-state index is 0.269. The van der Waals surface area contributed by atoms with Gasteiger partial charge in [-0.2, -0.15) is 0 Å². The lowest BCUT2D eigenvalue weighted by Crippen LogP contribution is -2.56. The smallest absolute Gasteiger partial charge is 0.228 e. The SMILES string of the molecule is CN1CCC2CCN(C(=O)C3CNC3)C2C1. The highest BCUT2D eigenvalue weighted by Gasteiger charge is 2.42. The molecule has 16 heavy (non-hydrogen) atoms. The lowest BCUT2D eigenvalue weighted by molar-refractivity contribution is -0.139. The molecule has 0 bridgehead atoms. The van der Waals surface area contributed by atoms with Crippen LogP contribution < -0.4 is 5.32 Å². The van der Waals surface area contributed by atoms with E-state index < -0.39 is 0 Å². The van der Waals surface area contributed by atoms with Gasteiger partial charge in [0.1, 0.15) is 0 Å². The number of hydrogen-bond acceptors (Lipinski definition) is 3. The molecule has 3 saturated heterocycles. The molecular formula is C12H21N3O. The number of carbonyl (C=O) groups is 1. The number of nitrogens with one attached hydrogen (secondary N) is 1. The van der Waals surface area contributed by atoms with Crippen LogP contribution in [0.15, 0.2) is 0 Å². The average molecular weight is 223 g/mol. The molecule has 0 aromatic rings. The molecule has 3 fully saturated rings. The van der Waals surface area contributed by atoms with Gasteiger partial charge >= 0.3 is 0 Å². The zero-order valence-electron chi connectivity index (χ0n) is 9.98. The molecule has 2 atom stereocenters. The third-order valence-corrected chi connectivity index (χ3v) is 4.48. The van der Waals surface area contributed by atoms with Crippen molar-refractivity contribution in [3.8, 4) is 0 Å². The van der Waals surface area contributed by atoms with Crippen LogP contribution in [-0.2, 0) is 4.79 Å². The van der Waals surface area contributed by atoms with Crippen molar-refractivity contribution in [3.63, 3.8) is 0 Å². The van der Waals surface area contributed by atoms with Crippen LogP contribution in [0.5, 0.6) is 0 Å². The van der Waals surface area contributed by atoms with Crippen LogP contribution >= 0.6 is 0 Å². The highest BCUT2D eigenvalue weighted by Crippen LogP contribution is 2.32. The minimum Gasteiger partial charge on any atom is -0.338 e. The Morgan fingerprint density at radius 2 is 2.00 bits per heavy atom. The maximum Gasteiger partial charge on any atom is 0.228 e. The summed E-state index contributed by atoms with van der Waals surface area (Å²) in [5.74, 6) is 1.45. The topological polar surface area (TPSA) is 35.6 Å². The molecule has 3 aliphatic heterocycles. The van der Waals surface area contributed by atoms with Gasteiger partial charge in [0.2, 0.25) is 5.91 Å². The number of nitrogens with zero attached hydrogens (tertiary/aromatic N) is 2. The molecule has 2 unspecified atom stereocenters. The van der Waals surface area contributed by atoms with Crippen molar-refractivity contribution in [2.45, 2.75) is 18.9 Å². The molecule has 1 N–H and O–H groups in total. The maximum absolute atomic E-state index is 12.3. The summed E-state index contributed by atoms with van der Waals surface area (Å²) in [6, 6.07) is 0.506. The van der Waals surface area contributed by atoms with Gasteiger partial charge in [0.15, 0.2) is 0 Å². The Hall–Kier alpha value is -0.610. The lowest BCUT2D eigenvalue weighted by atomic mass is 9.92. The second kappa shape index (κ2) is 4.00. The van der Waals surface area contributed by atoms with Crippen molar-refractivity contribution in [2.24, 2.45) is 11.8 Å². The van der Waals surface area contributed by atoms with Gasteiger partial charge in [0, 0.05) is 32.2 Å². The molecule has 0 saturated carbocycles. The Kier molecular flexibility index (Phi) is 2.64. The number of likely N-dealkylation sites (tertiary alicyclic amines) is 2. The summed E-state index contributed by atoms with van der Waals surface area (Å²) in [7, 11) is 2.17. The van der Waals surface area contributed by atoms with Crippen LogP contribution in [0.1, 0.15) is 12.8 Å². The van der Waals surface area contributed by atoms with E-state index in [1.165, 1.54) is 19.4 Å². The third kappa shape index (κ3) is 1.64. The summed E-state index contributed by atoms with van der Waals surface area (Å²) in [5, 5.41) is 3.19. The largest absolute Gasteiger partial charge is 0.338 e. The number of rotatable bonds is 1. The highest BCUT2D eigenvalue weighted by atomic mass is 16.2. The summed E-state index contributed by atoms with van der Waals surface area (Å²) >= 11 is 0. The Labute approximate surface area is 97.0 Å². The first-order chi connectivity index (χ1) is 7.75. The van der Waals surface area contributed by atoms with E-state index in [0.717, 1.165) is 32.1 Å². The van der Waals surface area contributed by atoms with Crippen LogP contribution in [0.3, 0.4) is 0 Å². The first kappa shape index (κ1) is 10.5. The van der Waals surface area contributed by atoms with E-state index in [4.69, 9.17) is 0 Å². The minimum absolute atomic E-state index is 0.269. The van der Waals surface area contributed by atoms with Crippen molar-refractivity contribution < 1.29 is 4.79 Å². The van der Waals surface area contributed by atoms with Gasteiger partial charge in [-0.1, -0.05) is 0 Å². The van der Waals surface area contributed by atoms with Crippen molar-refractivity contribution in [1.29, 1.82) is 0 Å². The highest BCUT2D eigenvalue weighted by molar-refractivity contribution is 5.81. The summed E-state index contributed by atoms with van der Waals surface area (Å²) in [5.41, 5.74) is 0. The first-order valence-electron chi connectivity index (χ1n) is 6.45. The van der Waals surface area contributed by atoms with Crippen molar-refractivity contribution >= 4 is 5.91 Å². The molecule has 0 spiro atoms. The van der Waals surface area contributed by atoms with E-state index in [1.807, 2.05) is 0 Å². The Morgan fingerprint density at radius 1 is 1.25 bits per heavy atom.